The first kappa shape index (κ1) is 22.3. The Hall–Kier alpha value is -3.51. The van der Waals surface area contributed by atoms with Crippen molar-refractivity contribution in [1.82, 2.24) is 15.2 Å². The lowest BCUT2D eigenvalue weighted by atomic mass is 9.90. The van der Waals surface area contributed by atoms with Crippen molar-refractivity contribution >= 4 is 34.3 Å². The van der Waals surface area contributed by atoms with Gasteiger partial charge in [0.2, 0.25) is 5.91 Å². The standard InChI is InChI=1S/C27H26ClN3O3/c28-23-8-3-1-6-19(23)21(22-16-29-24-9-4-2-7-20(22)24)17-30-26(32)18-11-13-31(14-12-18)27(33)25-10-5-15-34-25/h1-10,15-16,18,21,29H,11-14,17H2,(H,30,32). The average Bonchev–Trinajstić information content (AvgIpc) is 3.56. The van der Waals surface area contributed by atoms with Gasteiger partial charge >= 0.3 is 0 Å². The summed E-state index contributed by atoms with van der Waals surface area (Å²) in [5, 5.41) is 4.96. The third kappa shape index (κ3) is 4.46. The molecule has 3 heterocycles. The van der Waals surface area contributed by atoms with Crippen molar-refractivity contribution in [1.29, 1.82) is 0 Å². The highest BCUT2D eigenvalue weighted by Crippen LogP contribution is 2.34. The van der Waals surface area contributed by atoms with E-state index in [0.717, 1.165) is 22.0 Å². The molecule has 174 valence electrons. The molecule has 0 saturated carbocycles. The molecule has 6 nitrogen and oxygen atoms in total. The van der Waals surface area contributed by atoms with E-state index >= 15 is 0 Å². The van der Waals surface area contributed by atoms with Crippen molar-refractivity contribution in [3.63, 3.8) is 0 Å². The molecule has 5 rings (SSSR count). The van der Waals surface area contributed by atoms with Gasteiger partial charge in [-0.3, -0.25) is 9.59 Å². The second-order valence-electron chi connectivity index (χ2n) is 8.65. The summed E-state index contributed by atoms with van der Waals surface area (Å²) in [6.07, 6.45) is 4.75. The monoisotopic (exact) mass is 475 g/mol. The van der Waals surface area contributed by atoms with E-state index in [4.69, 9.17) is 16.0 Å². The van der Waals surface area contributed by atoms with Crippen LogP contribution >= 0.6 is 11.6 Å². The minimum Gasteiger partial charge on any atom is -0.459 e. The van der Waals surface area contributed by atoms with Gasteiger partial charge in [-0.1, -0.05) is 48.0 Å². The van der Waals surface area contributed by atoms with Crippen molar-refractivity contribution < 1.29 is 14.0 Å². The number of amides is 2. The summed E-state index contributed by atoms with van der Waals surface area (Å²) in [5.74, 6) is 0.0121. The molecule has 2 N–H and O–H groups in total. The van der Waals surface area contributed by atoms with Crippen LogP contribution in [0, 0.1) is 5.92 Å². The molecule has 1 atom stereocenters. The third-order valence-corrected chi connectivity index (χ3v) is 6.99. The van der Waals surface area contributed by atoms with Gasteiger partial charge in [0.15, 0.2) is 5.76 Å². The van der Waals surface area contributed by atoms with Crippen LogP contribution in [0.1, 0.15) is 40.4 Å². The Kier molecular flexibility index (Phi) is 6.41. The largest absolute Gasteiger partial charge is 0.459 e. The van der Waals surface area contributed by atoms with Crippen molar-refractivity contribution in [2.24, 2.45) is 5.92 Å². The maximum atomic E-state index is 13.1. The fourth-order valence-corrected chi connectivity index (χ4v) is 5.04. The van der Waals surface area contributed by atoms with Gasteiger partial charge in [-0.25, -0.2) is 0 Å². The summed E-state index contributed by atoms with van der Waals surface area (Å²) in [6.45, 7) is 1.51. The molecule has 7 heteroatoms. The van der Waals surface area contributed by atoms with Gasteiger partial charge in [0.05, 0.1) is 6.26 Å². The highest BCUT2D eigenvalue weighted by Gasteiger charge is 2.29. The van der Waals surface area contributed by atoms with Crippen molar-refractivity contribution in [3.05, 3.63) is 95.0 Å². The number of aromatic nitrogens is 1. The number of H-pyrrole nitrogens is 1. The van der Waals surface area contributed by atoms with E-state index < -0.39 is 0 Å². The predicted octanol–water partition coefficient (Wildman–Crippen LogP) is 5.21. The molecule has 0 aliphatic carbocycles. The number of rotatable bonds is 6. The van der Waals surface area contributed by atoms with Crippen LogP contribution in [-0.4, -0.2) is 41.3 Å². The smallest absolute Gasteiger partial charge is 0.289 e. The number of benzene rings is 2. The van der Waals surface area contributed by atoms with Crippen LogP contribution in [0.4, 0.5) is 0 Å². The van der Waals surface area contributed by atoms with Crippen LogP contribution in [0.3, 0.4) is 0 Å². The molecule has 4 aromatic rings. The van der Waals surface area contributed by atoms with Crippen LogP contribution in [0.25, 0.3) is 10.9 Å². The topological polar surface area (TPSA) is 78.3 Å². The van der Waals surface area contributed by atoms with E-state index in [0.29, 0.717) is 43.3 Å². The Morgan fingerprint density at radius 3 is 2.56 bits per heavy atom. The van der Waals surface area contributed by atoms with E-state index in [9.17, 15) is 9.59 Å². The Bertz CT molecular complexity index is 1290. The van der Waals surface area contributed by atoms with Crippen LogP contribution in [0.2, 0.25) is 5.02 Å². The van der Waals surface area contributed by atoms with Gasteiger partial charge < -0.3 is 19.6 Å². The van der Waals surface area contributed by atoms with Crippen molar-refractivity contribution in [2.75, 3.05) is 19.6 Å². The van der Waals surface area contributed by atoms with Crippen molar-refractivity contribution in [3.8, 4) is 0 Å². The minimum atomic E-state index is -0.129. The lowest BCUT2D eigenvalue weighted by Gasteiger charge is -2.31. The molecule has 1 aliphatic rings. The number of likely N-dealkylation sites (tertiary alicyclic amines) is 1. The normalized spacial score (nSPS) is 15.4. The van der Waals surface area contributed by atoms with Gasteiger partial charge in [-0.05, 0) is 48.2 Å². The predicted molar refractivity (Wildman–Crippen MR) is 132 cm³/mol. The Balaban J connectivity index is 1.28. The molecule has 0 spiro atoms. The molecule has 2 amide bonds. The van der Waals surface area contributed by atoms with Crippen LogP contribution < -0.4 is 5.32 Å². The van der Waals surface area contributed by atoms with Gasteiger partial charge in [0.1, 0.15) is 0 Å². The van der Waals surface area contributed by atoms with E-state index in [1.807, 2.05) is 48.7 Å². The van der Waals surface area contributed by atoms with Gasteiger partial charge in [0, 0.05) is 53.6 Å². The molecule has 0 bridgehead atoms. The number of hydrogen-bond donors (Lipinski definition) is 2. The number of piperidine rings is 1. The molecule has 0 radical (unpaired) electrons. The first-order valence-electron chi connectivity index (χ1n) is 11.5. The Morgan fingerprint density at radius 1 is 1.03 bits per heavy atom. The number of nitrogens with one attached hydrogen (secondary N) is 2. The second kappa shape index (κ2) is 9.77. The summed E-state index contributed by atoms with van der Waals surface area (Å²) in [5.41, 5.74) is 3.13. The summed E-state index contributed by atoms with van der Waals surface area (Å²) in [4.78, 5) is 30.7. The number of aromatic amines is 1. The fourth-order valence-electron chi connectivity index (χ4n) is 4.78. The van der Waals surface area contributed by atoms with Gasteiger partial charge in [0.25, 0.3) is 5.91 Å². The molecule has 34 heavy (non-hydrogen) atoms. The maximum absolute atomic E-state index is 13.1. The lowest BCUT2D eigenvalue weighted by Crippen LogP contribution is -2.43. The number of fused-ring (bicyclic) bond motifs is 1. The van der Waals surface area contributed by atoms with E-state index in [2.05, 4.69) is 16.4 Å². The number of halogens is 1. The molecular weight excluding hydrogens is 450 g/mol. The van der Waals surface area contributed by atoms with Crippen LogP contribution in [-0.2, 0) is 4.79 Å². The summed E-state index contributed by atoms with van der Waals surface area (Å²) in [6, 6.07) is 19.3. The number of hydrogen-bond acceptors (Lipinski definition) is 3. The van der Waals surface area contributed by atoms with Crippen LogP contribution in [0.15, 0.2) is 77.5 Å². The number of carbonyl (C=O) groups excluding carboxylic acids is 2. The highest BCUT2D eigenvalue weighted by atomic mass is 35.5. The zero-order chi connectivity index (χ0) is 23.5. The van der Waals surface area contributed by atoms with Gasteiger partial charge in [-0.15, -0.1) is 0 Å². The average molecular weight is 476 g/mol. The molecule has 1 unspecified atom stereocenters. The zero-order valence-corrected chi connectivity index (χ0v) is 19.4. The summed E-state index contributed by atoms with van der Waals surface area (Å²) < 4.78 is 5.22. The third-order valence-electron chi connectivity index (χ3n) is 6.64. The second-order valence-corrected chi connectivity index (χ2v) is 9.06. The lowest BCUT2D eigenvalue weighted by molar-refractivity contribution is -0.126. The molecule has 2 aromatic carbocycles. The minimum absolute atomic E-state index is 0.0157. The molecule has 1 fully saturated rings. The number of carbonyl (C=O) groups is 2. The zero-order valence-electron chi connectivity index (χ0n) is 18.7. The van der Waals surface area contributed by atoms with E-state index in [-0.39, 0.29) is 23.7 Å². The molecule has 1 aliphatic heterocycles. The quantitative estimate of drug-likeness (QED) is 0.401. The number of para-hydroxylation sites is 1. The summed E-state index contributed by atoms with van der Waals surface area (Å²) >= 11 is 6.57. The van der Waals surface area contributed by atoms with Crippen molar-refractivity contribution in [2.45, 2.75) is 18.8 Å². The fraction of sp³-hybridized carbons (Fsp3) is 0.259. The number of furan rings is 1. The molecule has 1 saturated heterocycles. The van der Waals surface area contributed by atoms with E-state index in [1.54, 1.807) is 17.0 Å². The first-order chi connectivity index (χ1) is 16.6. The summed E-state index contributed by atoms with van der Waals surface area (Å²) in [7, 11) is 0. The molecule has 2 aromatic heterocycles. The highest BCUT2D eigenvalue weighted by molar-refractivity contribution is 6.31. The van der Waals surface area contributed by atoms with E-state index in [1.165, 1.54) is 6.26 Å². The van der Waals surface area contributed by atoms with Crippen LogP contribution in [0.5, 0.6) is 0 Å². The Morgan fingerprint density at radius 2 is 1.79 bits per heavy atom. The maximum Gasteiger partial charge on any atom is 0.289 e. The number of nitrogens with zero attached hydrogens (tertiary/aromatic N) is 1. The first-order valence-corrected chi connectivity index (χ1v) is 11.9. The SMILES string of the molecule is O=C(NCC(c1ccccc1Cl)c1c[nH]c2ccccc12)C1CCN(C(=O)c2ccco2)CC1. The molecular formula is C27H26ClN3O3. The Labute approximate surface area is 202 Å². The van der Waals surface area contributed by atoms with Gasteiger partial charge in [-0.2, -0.15) is 0 Å².